The van der Waals surface area contributed by atoms with Gasteiger partial charge in [-0.15, -0.1) is 0 Å². The van der Waals surface area contributed by atoms with Gasteiger partial charge in [0, 0.05) is 0 Å². The Hall–Kier alpha value is -0.700. The third-order valence-corrected chi connectivity index (χ3v) is 2.24. The summed E-state index contributed by atoms with van der Waals surface area (Å²) in [7, 11) is 0. The van der Waals surface area contributed by atoms with Gasteiger partial charge in [-0.05, 0) is 22.6 Å². The lowest BCUT2D eigenvalue weighted by Gasteiger charge is -2.22. The average Bonchev–Trinajstić information content (AvgIpc) is 2.29. The largest absolute Gasteiger partial charge is 0.321 e. The van der Waals surface area contributed by atoms with Crippen LogP contribution in [0.25, 0.3) is 0 Å². The van der Waals surface area contributed by atoms with Crippen LogP contribution in [0.5, 0.6) is 0 Å². The number of carbonyl (C=O) groups is 1. The normalized spacial score (nSPS) is 33.6. The monoisotopic (exact) mass is 279 g/mol. The van der Waals surface area contributed by atoms with Crippen molar-refractivity contribution in [2.45, 2.75) is 10.3 Å². The molecule has 0 saturated carbocycles. The predicted octanol–water partition coefficient (Wildman–Crippen LogP) is -0.635. The summed E-state index contributed by atoms with van der Waals surface area (Å²) in [4.78, 5) is 15.0. The minimum Gasteiger partial charge on any atom is -0.317 e. The predicted molar refractivity (Wildman–Crippen MR) is 51.6 cm³/mol. The molecule has 12 heavy (non-hydrogen) atoms. The van der Waals surface area contributed by atoms with E-state index in [-0.39, 0.29) is 22.2 Å². The van der Waals surface area contributed by atoms with Crippen molar-refractivity contribution in [1.82, 2.24) is 16.0 Å². The van der Waals surface area contributed by atoms with Crippen LogP contribution in [0.15, 0.2) is 4.99 Å². The number of hydrogen-bond acceptors (Lipinski definition) is 4. The van der Waals surface area contributed by atoms with Gasteiger partial charge in [0.25, 0.3) is 0 Å². The first kappa shape index (κ1) is 7.92. The van der Waals surface area contributed by atoms with E-state index < -0.39 is 0 Å². The SMILES string of the molecule is N=C1NC(=O)NC2NC(I)N=C12. The van der Waals surface area contributed by atoms with Crippen LogP contribution in [-0.4, -0.2) is 27.9 Å². The number of nitrogens with one attached hydrogen (secondary N) is 4. The molecule has 2 amide bonds. The third-order valence-electron chi connectivity index (χ3n) is 1.60. The van der Waals surface area contributed by atoms with E-state index in [0.29, 0.717) is 5.71 Å². The summed E-state index contributed by atoms with van der Waals surface area (Å²) >= 11 is 2.08. The molecule has 0 aromatic rings. The molecular weight excluding hydrogens is 273 g/mol. The number of alkyl halides is 1. The second-order valence-corrected chi connectivity index (χ2v) is 3.60. The fraction of sp³-hybridized carbons (Fsp3) is 0.400. The average molecular weight is 279 g/mol. The zero-order chi connectivity index (χ0) is 8.72. The van der Waals surface area contributed by atoms with Crippen molar-refractivity contribution in [3.05, 3.63) is 0 Å². The van der Waals surface area contributed by atoms with Crippen molar-refractivity contribution in [2.75, 3.05) is 0 Å². The van der Waals surface area contributed by atoms with Crippen molar-refractivity contribution in [3.8, 4) is 0 Å². The highest BCUT2D eigenvalue weighted by Crippen LogP contribution is 2.10. The number of rotatable bonds is 0. The number of carbonyl (C=O) groups excluding carboxylic acids is 1. The minimum absolute atomic E-state index is 0.0665. The highest BCUT2D eigenvalue weighted by molar-refractivity contribution is 14.1. The molecule has 6 nitrogen and oxygen atoms in total. The number of hydrogen-bond donors (Lipinski definition) is 4. The first-order valence-corrected chi connectivity index (χ1v) is 4.55. The molecule has 2 aliphatic heterocycles. The molecule has 0 radical (unpaired) electrons. The number of fused-ring (bicyclic) bond motifs is 1. The lowest BCUT2D eigenvalue weighted by molar-refractivity contribution is 0.242. The summed E-state index contributed by atoms with van der Waals surface area (Å²) in [6.07, 6.45) is -0.298. The van der Waals surface area contributed by atoms with Crippen molar-refractivity contribution in [2.24, 2.45) is 4.99 Å². The molecular formula is C5H6IN5O. The third kappa shape index (κ3) is 1.18. The fourth-order valence-corrected chi connectivity index (χ4v) is 1.77. The van der Waals surface area contributed by atoms with E-state index in [9.17, 15) is 4.79 Å². The smallest absolute Gasteiger partial charge is 0.317 e. The van der Waals surface area contributed by atoms with Gasteiger partial charge in [-0.2, -0.15) is 0 Å². The summed E-state index contributed by atoms with van der Waals surface area (Å²) in [6, 6.07) is -0.359. The van der Waals surface area contributed by atoms with E-state index in [4.69, 9.17) is 5.41 Å². The molecule has 2 unspecified atom stereocenters. The highest BCUT2D eigenvalue weighted by Gasteiger charge is 2.34. The Morgan fingerprint density at radius 3 is 3.08 bits per heavy atom. The molecule has 2 rings (SSSR count). The van der Waals surface area contributed by atoms with Crippen LogP contribution in [0.3, 0.4) is 0 Å². The van der Waals surface area contributed by atoms with Gasteiger partial charge in [-0.25, -0.2) is 4.79 Å². The summed E-state index contributed by atoms with van der Waals surface area (Å²) in [5, 5.41) is 15.3. The van der Waals surface area contributed by atoms with E-state index in [1.807, 2.05) is 0 Å². The highest BCUT2D eigenvalue weighted by atomic mass is 127. The van der Waals surface area contributed by atoms with Gasteiger partial charge in [0.1, 0.15) is 11.9 Å². The van der Waals surface area contributed by atoms with Gasteiger partial charge >= 0.3 is 6.03 Å². The maximum Gasteiger partial charge on any atom is 0.321 e. The Morgan fingerprint density at radius 2 is 2.33 bits per heavy atom. The number of urea groups is 1. The van der Waals surface area contributed by atoms with E-state index in [1.165, 1.54) is 0 Å². The summed E-state index contributed by atoms with van der Waals surface area (Å²) in [5.41, 5.74) is 0.564. The van der Waals surface area contributed by atoms with Crippen LogP contribution >= 0.6 is 22.6 Å². The molecule has 1 fully saturated rings. The first-order chi connectivity index (χ1) is 5.66. The topological polar surface area (TPSA) is 89.4 Å². The molecule has 2 heterocycles. The molecule has 2 aliphatic rings. The Morgan fingerprint density at radius 1 is 1.58 bits per heavy atom. The second-order valence-electron chi connectivity index (χ2n) is 2.42. The number of halogens is 1. The van der Waals surface area contributed by atoms with Crippen LogP contribution in [0.4, 0.5) is 4.79 Å². The van der Waals surface area contributed by atoms with Crippen LogP contribution in [0.2, 0.25) is 0 Å². The van der Waals surface area contributed by atoms with Gasteiger partial charge in [-0.3, -0.25) is 21.0 Å². The number of amides is 2. The number of nitrogens with zero attached hydrogens (tertiary/aromatic N) is 1. The summed E-state index contributed by atoms with van der Waals surface area (Å²) in [5.74, 6) is 0.0791. The molecule has 2 atom stereocenters. The van der Waals surface area contributed by atoms with Gasteiger partial charge in [0.2, 0.25) is 0 Å². The molecule has 7 heteroatoms. The van der Waals surface area contributed by atoms with E-state index >= 15 is 0 Å². The van der Waals surface area contributed by atoms with Gasteiger partial charge in [0.15, 0.2) is 10.0 Å². The van der Waals surface area contributed by atoms with E-state index in [2.05, 4.69) is 43.5 Å². The van der Waals surface area contributed by atoms with Crippen LogP contribution in [0.1, 0.15) is 0 Å². The molecule has 4 N–H and O–H groups in total. The second kappa shape index (κ2) is 2.66. The van der Waals surface area contributed by atoms with Crippen LogP contribution < -0.4 is 16.0 Å². The Labute approximate surface area is 81.8 Å². The summed E-state index contributed by atoms with van der Waals surface area (Å²) < 4.78 is -0.0665. The van der Waals surface area contributed by atoms with E-state index in [0.717, 1.165) is 0 Å². The zero-order valence-electron chi connectivity index (χ0n) is 5.89. The quantitative estimate of drug-likeness (QED) is 0.270. The van der Waals surface area contributed by atoms with Crippen molar-refractivity contribution in [1.29, 1.82) is 5.41 Å². The van der Waals surface area contributed by atoms with Crippen molar-refractivity contribution < 1.29 is 4.79 Å². The van der Waals surface area contributed by atoms with Gasteiger partial charge in [-0.1, -0.05) is 0 Å². The van der Waals surface area contributed by atoms with Gasteiger partial charge in [0.05, 0.1) is 0 Å². The maximum atomic E-state index is 10.9. The Bertz CT molecular complexity index is 288. The molecule has 64 valence electrons. The number of amidine groups is 1. The standard InChI is InChI=1S/C5H6IN5O/c6-4-8-1-2(7)9-5(12)11-3(1)10-4/h3-4,10H,(H3,7,9,11,12). The Balaban J connectivity index is 2.26. The fourth-order valence-electron chi connectivity index (χ4n) is 1.11. The number of aliphatic imine (C=N–C) groups is 1. The molecule has 1 saturated heterocycles. The molecule has 0 aliphatic carbocycles. The molecule has 0 spiro atoms. The first-order valence-electron chi connectivity index (χ1n) is 3.31. The Kier molecular flexibility index (Phi) is 1.76. The molecule has 0 bridgehead atoms. The van der Waals surface area contributed by atoms with Crippen molar-refractivity contribution >= 4 is 40.2 Å². The lowest BCUT2D eigenvalue weighted by Crippen LogP contribution is -2.61. The lowest BCUT2D eigenvalue weighted by atomic mass is 10.2. The molecule has 0 aromatic heterocycles. The zero-order valence-corrected chi connectivity index (χ0v) is 8.05. The van der Waals surface area contributed by atoms with E-state index in [1.54, 1.807) is 0 Å². The summed E-state index contributed by atoms with van der Waals surface area (Å²) in [6.45, 7) is 0. The molecule has 0 aromatic carbocycles. The van der Waals surface area contributed by atoms with Crippen LogP contribution in [-0.2, 0) is 0 Å². The maximum absolute atomic E-state index is 10.9. The van der Waals surface area contributed by atoms with Crippen molar-refractivity contribution in [3.63, 3.8) is 0 Å². The van der Waals surface area contributed by atoms with Gasteiger partial charge < -0.3 is 5.32 Å². The van der Waals surface area contributed by atoms with Crippen LogP contribution in [0, 0.1) is 5.41 Å². The minimum atomic E-state index is -0.359.